The number of amides is 2. The average Bonchev–Trinajstić information content (AvgIpc) is 3.53. The number of thiazole rings is 1. The van der Waals surface area contributed by atoms with Crippen LogP contribution in [0.25, 0.3) is 10.6 Å². The lowest BCUT2D eigenvalue weighted by molar-refractivity contribution is -0.141. The topological polar surface area (TPSA) is 134 Å². The van der Waals surface area contributed by atoms with E-state index in [-0.39, 0.29) is 30.7 Å². The van der Waals surface area contributed by atoms with Crippen LogP contribution in [0.5, 0.6) is 0 Å². The van der Waals surface area contributed by atoms with E-state index in [1.165, 1.54) is 16.2 Å². The van der Waals surface area contributed by atoms with E-state index in [9.17, 15) is 14.7 Å². The molecule has 1 aliphatic rings. The zero-order valence-electron chi connectivity index (χ0n) is 20.4. The second-order valence-electron chi connectivity index (χ2n) is 9.31. The SMILES string of the molecule is Cc1cc(C(C(=O)N2C[C@H](O)C[C@H]2C(=O)N[C@@H](C)c2cnc(-c3scnc3C)cn2)C(C)C)on1. The number of hydrogen-bond donors (Lipinski definition) is 2. The molecular weight excluding hydrogens is 468 g/mol. The standard InChI is InChI=1S/C24H30N6O4S/c1-12(2)21(20-6-13(3)29-34-20)24(33)30-10-16(31)7-19(30)23(32)28-14(4)17-8-26-18(9-25-17)22-15(5)27-11-35-22/h6,8-9,11-12,14,16,19,21,31H,7,10H2,1-5H3,(H,28,32)/t14-,16+,19-,21?/m0/s1. The molecule has 1 unspecified atom stereocenters. The summed E-state index contributed by atoms with van der Waals surface area (Å²) >= 11 is 1.50. The van der Waals surface area contributed by atoms with E-state index in [1.54, 1.807) is 30.9 Å². The number of hydrogen-bond acceptors (Lipinski definition) is 9. The number of nitrogens with zero attached hydrogens (tertiary/aromatic N) is 5. The Kier molecular flexibility index (Phi) is 7.27. The molecule has 0 bridgehead atoms. The Morgan fingerprint density at radius 1 is 1.20 bits per heavy atom. The van der Waals surface area contributed by atoms with Gasteiger partial charge in [0.05, 0.1) is 52.0 Å². The highest BCUT2D eigenvalue weighted by Gasteiger charge is 2.43. The van der Waals surface area contributed by atoms with Crippen molar-refractivity contribution < 1.29 is 19.2 Å². The molecule has 0 spiro atoms. The maximum atomic E-state index is 13.5. The highest BCUT2D eigenvalue weighted by atomic mass is 32.1. The van der Waals surface area contributed by atoms with Crippen LogP contribution in [0.2, 0.25) is 0 Å². The minimum absolute atomic E-state index is 0.0776. The van der Waals surface area contributed by atoms with E-state index in [0.717, 1.165) is 16.3 Å². The molecule has 10 nitrogen and oxygen atoms in total. The number of carbonyl (C=O) groups excluding carboxylic acids is 2. The van der Waals surface area contributed by atoms with Crippen LogP contribution in [0.4, 0.5) is 0 Å². The Morgan fingerprint density at radius 3 is 2.54 bits per heavy atom. The van der Waals surface area contributed by atoms with Gasteiger partial charge < -0.3 is 19.8 Å². The van der Waals surface area contributed by atoms with Crippen LogP contribution in [0, 0.1) is 19.8 Å². The molecule has 186 valence electrons. The van der Waals surface area contributed by atoms with Gasteiger partial charge in [-0.15, -0.1) is 11.3 Å². The summed E-state index contributed by atoms with van der Waals surface area (Å²) in [6.07, 6.45) is 2.68. The van der Waals surface area contributed by atoms with Crippen LogP contribution in [-0.4, -0.2) is 60.6 Å². The van der Waals surface area contributed by atoms with Crippen molar-refractivity contribution in [2.45, 2.75) is 65.1 Å². The van der Waals surface area contributed by atoms with Gasteiger partial charge in [-0.25, -0.2) is 4.98 Å². The summed E-state index contributed by atoms with van der Waals surface area (Å²) in [6.45, 7) is 9.44. The molecule has 2 N–H and O–H groups in total. The highest BCUT2D eigenvalue weighted by Crippen LogP contribution is 2.31. The third-order valence-corrected chi connectivity index (χ3v) is 7.15. The van der Waals surface area contributed by atoms with Crippen molar-refractivity contribution in [3.63, 3.8) is 0 Å². The van der Waals surface area contributed by atoms with Gasteiger partial charge in [0.1, 0.15) is 23.4 Å². The van der Waals surface area contributed by atoms with Gasteiger partial charge in [0.25, 0.3) is 0 Å². The number of β-amino-alcohol motifs (C(OH)–C–C–N with tert-alkyl or cyclic N) is 1. The van der Waals surface area contributed by atoms with Gasteiger partial charge in [-0.1, -0.05) is 19.0 Å². The van der Waals surface area contributed by atoms with Gasteiger partial charge in [-0.3, -0.25) is 19.6 Å². The molecule has 35 heavy (non-hydrogen) atoms. The molecule has 0 aromatic carbocycles. The number of aromatic nitrogens is 4. The molecule has 1 saturated heterocycles. The molecule has 4 rings (SSSR count). The highest BCUT2D eigenvalue weighted by molar-refractivity contribution is 7.13. The fourth-order valence-corrected chi connectivity index (χ4v) is 5.13. The van der Waals surface area contributed by atoms with Crippen LogP contribution in [-0.2, 0) is 9.59 Å². The normalized spacial score (nSPS) is 19.7. The molecule has 3 aromatic rings. The maximum absolute atomic E-state index is 13.5. The molecule has 1 aliphatic heterocycles. The second-order valence-corrected chi connectivity index (χ2v) is 10.2. The molecule has 4 heterocycles. The van der Waals surface area contributed by atoms with Crippen molar-refractivity contribution in [1.82, 2.24) is 30.3 Å². The minimum atomic E-state index is -0.794. The summed E-state index contributed by atoms with van der Waals surface area (Å²) in [7, 11) is 0. The number of nitrogens with one attached hydrogen (secondary N) is 1. The summed E-state index contributed by atoms with van der Waals surface area (Å²) in [5.41, 5.74) is 4.66. The van der Waals surface area contributed by atoms with Crippen molar-refractivity contribution in [2.75, 3.05) is 6.54 Å². The van der Waals surface area contributed by atoms with Gasteiger partial charge in [-0.05, 0) is 26.7 Å². The third-order valence-electron chi connectivity index (χ3n) is 6.20. The van der Waals surface area contributed by atoms with Crippen LogP contribution in [0.3, 0.4) is 0 Å². The first-order chi connectivity index (χ1) is 16.7. The molecule has 3 aromatic heterocycles. The van der Waals surface area contributed by atoms with E-state index < -0.39 is 24.1 Å². The van der Waals surface area contributed by atoms with Gasteiger partial charge in [-0.2, -0.15) is 0 Å². The lowest BCUT2D eigenvalue weighted by atomic mass is 9.91. The van der Waals surface area contributed by atoms with E-state index in [1.807, 2.05) is 27.7 Å². The molecule has 0 radical (unpaired) electrons. The molecule has 0 saturated carbocycles. The van der Waals surface area contributed by atoms with Crippen LogP contribution in [0.15, 0.2) is 28.5 Å². The predicted molar refractivity (Wildman–Crippen MR) is 129 cm³/mol. The molecular formula is C24H30N6O4S. The van der Waals surface area contributed by atoms with Gasteiger partial charge in [0, 0.05) is 19.0 Å². The summed E-state index contributed by atoms with van der Waals surface area (Å²) < 4.78 is 5.38. The fourth-order valence-electron chi connectivity index (χ4n) is 4.36. The summed E-state index contributed by atoms with van der Waals surface area (Å²) in [4.78, 5) is 42.3. The van der Waals surface area contributed by atoms with E-state index in [4.69, 9.17) is 4.52 Å². The van der Waals surface area contributed by atoms with Gasteiger partial charge in [0.15, 0.2) is 0 Å². The van der Waals surface area contributed by atoms with Gasteiger partial charge >= 0.3 is 0 Å². The van der Waals surface area contributed by atoms with E-state index in [0.29, 0.717) is 17.1 Å². The maximum Gasteiger partial charge on any atom is 0.243 e. The molecule has 2 amide bonds. The fraction of sp³-hybridized carbons (Fsp3) is 0.500. The quantitative estimate of drug-likeness (QED) is 0.508. The number of aliphatic hydroxyl groups is 1. The van der Waals surface area contributed by atoms with Crippen molar-refractivity contribution in [3.05, 3.63) is 46.8 Å². The second kappa shape index (κ2) is 10.2. The van der Waals surface area contributed by atoms with Crippen molar-refractivity contribution in [3.8, 4) is 10.6 Å². The largest absolute Gasteiger partial charge is 0.391 e. The summed E-state index contributed by atoms with van der Waals surface area (Å²) in [6, 6.07) is 0.513. The molecule has 11 heteroatoms. The van der Waals surface area contributed by atoms with E-state index in [2.05, 4.69) is 25.4 Å². The first-order valence-electron chi connectivity index (χ1n) is 11.6. The number of carbonyl (C=O) groups is 2. The molecule has 0 aliphatic carbocycles. The Balaban J connectivity index is 1.47. The Hall–Kier alpha value is -3.18. The van der Waals surface area contributed by atoms with Crippen LogP contribution in [0.1, 0.15) is 62.0 Å². The lowest BCUT2D eigenvalue weighted by Crippen LogP contribution is -2.48. The smallest absolute Gasteiger partial charge is 0.243 e. The lowest BCUT2D eigenvalue weighted by Gasteiger charge is -2.29. The summed E-state index contributed by atoms with van der Waals surface area (Å²) in [5.74, 6) is -0.815. The monoisotopic (exact) mass is 498 g/mol. The number of aliphatic hydroxyl groups excluding tert-OH is 1. The third kappa shape index (κ3) is 5.25. The zero-order valence-corrected chi connectivity index (χ0v) is 21.2. The van der Waals surface area contributed by atoms with Gasteiger partial charge in [0.2, 0.25) is 11.8 Å². The Morgan fingerprint density at radius 2 is 1.97 bits per heavy atom. The zero-order chi connectivity index (χ0) is 25.3. The Labute approximate surface area is 207 Å². The molecule has 4 atom stereocenters. The van der Waals surface area contributed by atoms with Crippen molar-refractivity contribution in [1.29, 1.82) is 0 Å². The van der Waals surface area contributed by atoms with Crippen molar-refractivity contribution in [2.24, 2.45) is 5.92 Å². The average molecular weight is 499 g/mol. The first kappa shape index (κ1) is 24.9. The van der Waals surface area contributed by atoms with Crippen molar-refractivity contribution >= 4 is 23.2 Å². The van der Waals surface area contributed by atoms with Crippen LogP contribution >= 0.6 is 11.3 Å². The summed E-state index contributed by atoms with van der Waals surface area (Å²) in [5, 5.41) is 17.2. The van der Waals surface area contributed by atoms with E-state index >= 15 is 0 Å². The Bertz CT molecular complexity index is 1190. The van der Waals surface area contributed by atoms with Crippen LogP contribution < -0.4 is 5.32 Å². The first-order valence-corrected chi connectivity index (χ1v) is 12.5. The number of likely N-dealkylation sites (tertiary alicyclic amines) is 1. The minimum Gasteiger partial charge on any atom is -0.391 e. The molecule has 1 fully saturated rings. The number of aryl methyl sites for hydroxylation is 2. The predicted octanol–water partition coefficient (Wildman–Crippen LogP) is 2.78. The number of rotatable bonds is 7.